The van der Waals surface area contributed by atoms with Gasteiger partial charge in [-0.25, -0.2) is 10.1 Å². The third-order valence-electron chi connectivity index (χ3n) is 7.74. The molecule has 0 saturated carbocycles. The number of benzene rings is 5. The predicted octanol–water partition coefficient (Wildman–Crippen LogP) is 10.9. The van der Waals surface area contributed by atoms with Crippen molar-refractivity contribution in [2.75, 3.05) is 4.90 Å². The van der Waals surface area contributed by atoms with E-state index in [1.807, 2.05) is 37.3 Å². The van der Waals surface area contributed by atoms with E-state index >= 15 is 0 Å². The average molecular weight is 582 g/mol. The van der Waals surface area contributed by atoms with E-state index in [0.29, 0.717) is 17.8 Å². The van der Waals surface area contributed by atoms with E-state index in [1.165, 1.54) is 22.3 Å². The highest BCUT2D eigenvalue weighted by molar-refractivity contribution is 5.80. The van der Waals surface area contributed by atoms with Gasteiger partial charge in [-0.3, -0.25) is 0 Å². The normalized spacial score (nSPS) is 15.4. The summed E-state index contributed by atoms with van der Waals surface area (Å²) in [5.74, 6) is 0.642. The van der Waals surface area contributed by atoms with Crippen molar-refractivity contribution in [3.05, 3.63) is 180 Å². The van der Waals surface area contributed by atoms with Gasteiger partial charge in [0.2, 0.25) is 0 Å². The fraction of sp³-hybridized carbons (Fsp3) is 0.0732. The highest BCUT2D eigenvalue weighted by Gasteiger charge is 2.17. The predicted molar refractivity (Wildman–Crippen MR) is 184 cm³/mol. The maximum atomic E-state index is 9.31. The molecule has 0 amide bonds. The molecule has 216 valence electrons. The van der Waals surface area contributed by atoms with Crippen molar-refractivity contribution >= 4 is 23.1 Å². The molecule has 45 heavy (non-hydrogen) atoms. The molecule has 0 bridgehead atoms. The monoisotopic (exact) mass is 581 g/mol. The Hall–Kier alpha value is -6.10. The van der Waals surface area contributed by atoms with Crippen LogP contribution in [0.1, 0.15) is 18.9 Å². The zero-order valence-corrected chi connectivity index (χ0v) is 25.0. The van der Waals surface area contributed by atoms with Crippen LogP contribution < -0.4 is 4.90 Å². The van der Waals surface area contributed by atoms with Crippen molar-refractivity contribution in [3.63, 3.8) is 0 Å². The van der Waals surface area contributed by atoms with Gasteiger partial charge in [-0.2, -0.15) is 0 Å². The molecular formula is C41H31N3O. The Bertz CT molecular complexity index is 1840. The lowest BCUT2D eigenvalue weighted by Crippen LogP contribution is -2.13. The zero-order chi connectivity index (χ0) is 31.0. The Labute approximate surface area is 264 Å². The van der Waals surface area contributed by atoms with Crippen molar-refractivity contribution in [2.45, 2.75) is 19.4 Å². The van der Waals surface area contributed by atoms with Crippen LogP contribution >= 0.6 is 0 Å². The molecule has 1 aliphatic heterocycles. The molecule has 0 aromatic heterocycles. The maximum absolute atomic E-state index is 9.31. The highest BCUT2D eigenvalue weighted by atomic mass is 16.5. The minimum absolute atomic E-state index is 0.104. The molecule has 0 N–H and O–H groups in total. The number of hydrogen-bond acceptors (Lipinski definition) is 3. The average Bonchev–Trinajstić information content (AvgIpc) is 3.10. The van der Waals surface area contributed by atoms with Gasteiger partial charge in [0.25, 0.3) is 5.70 Å². The van der Waals surface area contributed by atoms with E-state index in [4.69, 9.17) is 11.3 Å². The van der Waals surface area contributed by atoms with E-state index in [2.05, 4.69) is 131 Å². The van der Waals surface area contributed by atoms with Crippen LogP contribution in [0, 0.1) is 17.9 Å². The van der Waals surface area contributed by atoms with Crippen molar-refractivity contribution < 1.29 is 4.74 Å². The summed E-state index contributed by atoms with van der Waals surface area (Å²) in [6.07, 6.45) is 6.12. The van der Waals surface area contributed by atoms with Gasteiger partial charge in [0.15, 0.2) is 0 Å². The Balaban J connectivity index is 1.31. The number of nitrogens with zero attached hydrogens (tertiary/aromatic N) is 3. The summed E-state index contributed by atoms with van der Waals surface area (Å²) in [6, 6.07) is 48.5. The SMILES string of the molecule is [C-]#[N+]/C(C#N)=C1C=C(/C=C/c2ccc(N(c3ccc(-c4ccccc4)cc3)c3ccc(-c4ccccc4)cc3)cc2)OC(C)C\1. The van der Waals surface area contributed by atoms with Crippen LogP contribution in [-0.4, -0.2) is 6.10 Å². The first-order valence-electron chi connectivity index (χ1n) is 14.9. The van der Waals surface area contributed by atoms with Crippen LogP contribution in [0.2, 0.25) is 0 Å². The van der Waals surface area contributed by atoms with Crippen molar-refractivity contribution in [1.82, 2.24) is 0 Å². The minimum Gasteiger partial charge on any atom is -0.490 e. The summed E-state index contributed by atoms with van der Waals surface area (Å²) in [5, 5.41) is 9.31. The third kappa shape index (κ3) is 6.78. The molecule has 0 aliphatic carbocycles. The number of allylic oxidation sites excluding steroid dienone is 3. The zero-order valence-electron chi connectivity index (χ0n) is 25.0. The lowest BCUT2D eigenvalue weighted by atomic mass is 10.0. The molecular weight excluding hydrogens is 550 g/mol. The van der Waals surface area contributed by atoms with Gasteiger partial charge in [0.1, 0.15) is 5.76 Å². The summed E-state index contributed by atoms with van der Waals surface area (Å²) in [7, 11) is 0. The molecule has 0 saturated heterocycles. The van der Waals surface area contributed by atoms with Gasteiger partial charge in [0.05, 0.1) is 18.7 Å². The van der Waals surface area contributed by atoms with Crippen LogP contribution in [0.15, 0.2) is 163 Å². The second-order valence-electron chi connectivity index (χ2n) is 10.9. The lowest BCUT2D eigenvalue weighted by Gasteiger charge is -2.26. The number of hydrogen-bond donors (Lipinski definition) is 0. The lowest BCUT2D eigenvalue weighted by molar-refractivity contribution is 0.133. The molecule has 1 atom stereocenters. The Morgan fingerprint density at radius 1 is 0.711 bits per heavy atom. The first-order valence-corrected chi connectivity index (χ1v) is 14.9. The maximum Gasteiger partial charge on any atom is 0.265 e. The van der Waals surface area contributed by atoms with Gasteiger partial charge < -0.3 is 9.64 Å². The third-order valence-corrected chi connectivity index (χ3v) is 7.74. The first-order chi connectivity index (χ1) is 22.1. The highest BCUT2D eigenvalue weighted by Crippen LogP contribution is 2.37. The second kappa shape index (κ2) is 13.5. The number of rotatable bonds is 7. The summed E-state index contributed by atoms with van der Waals surface area (Å²) < 4.78 is 5.96. The van der Waals surface area contributed by atoms with Gasteiger partial charge >= 0.3 is 0 Å². The number of anilines is 3. The second-order valence-corrected chi connectivity index (χ2v) is 10.9. The first kappa shape index (κ1) is 29.0. The topological polar surface area (TPSA) is 40.6 Å². The fourth-order valence-electron chi connectivity index (χ4n) is 5.50. The molecule has 4 heteroatoms. The van der Waals surface area contributed by atoms with Gasteiger partial charge in [-0.1, -0.05) is 103 Å². The summed E-state index contributed by atoms with van der Waals surface area (Å²) in [4.78, 5) is 5.63. The summed E-state index contributed by atoms with van der Waals surface area (Å²) >= 11 is 0. The van der Waals surface area contributed by atoms with E-state index in [1.54, 1.807) is 6.08 Å². The van der Waals surface area contributed by atoms with E-state index in [9.17, 15) is 5.26 Å². The quantitative estimate of drug-likeness (QED) is 0.142. The molecule has 0 fully saturated rings. The molecule has 0 radical (unpaired) electrons. The van der Waals surface area contributed by atoms with E-state index in [0.717, 1.165) is 22.6 Å². The van der Waals surface area contributed by atoms with Crippen LogP contribution in [0.25, 0.3) is 33.2 Å². The van der Waals surface area contributed by atoms with E-state index in [-0.39, 0.29) is 11.8 Å². The Morgan fingerprint density at radius 2 is 1.18 bits per heavy atom. The smallest absolute Gasteiger partial charge is 0.265 e. The minimum atomic E-state index is -0.104. The van der Waals surface area contributed by atoms with E-state index < -0.39 is 0 Å². The molecule has 5 aromatic rings. The van der Waals surface area contributed by atoms with Crippen LogP contribution in [0.3, 0.4) is 0 Å². The molecule has 0 spiro atoms. The Morgan fingerprint density at radius 3 is 1.64 bits per heavy atom. The Kier molecular flexibility index (Phi) is 8.68. The largest absolute Gasteiger partial charge is 0.490 e. The molecule has 4 nitrogen and oxygen atoms in total. The molecule has 1 unspecified atom stereocenters. The van der Waals surface area contributed by atoms with Crippen molar-refractivity contribution in [3.8, 4) is 28.3 Å². The summed E-state index contributed by atoms with van der Waals surface area (Å²) in [5.41, 5.74) is 9.72. The van der Waals surface area contributed by atoms with Crippen LogP contribution in [0.4, 0.5) is 17.1 Å². The van der Waals surface area contributed by atoms with Gasteiger partial charge in [-0.05, 0) is 88.9 Å². The fourth-order valence-corrected chi connectivity index (χ4v) is 5.50. The molecule has 1 aliphatic rings. The van der Waals surface area contributed by atoms with Gasteiger partial charge in [0, 0.05) is 23.5 Å². The summed E-state index contributed by atoms with van der Waals surface area (Å²) in [6.45, 7) is 9.24. The standard InChI is InChI=1S/C41H31N3O/c1-30-27-36(41(29-42)43-2)28-40(45-30)26-15-31-13-20-37(21-14-31)44(38-22-16-34(17-23-38)32-9-5-3-6-10-32)39-24-18-35(19-25-39)33-11-7-4-8-12-33/h3-26,28,30H,27H2,1H3/b26-15+,41-36-. The van der Waals surface area contributed by atoms with Crippen molar-refractivity contribution in [1.29, 1.82) is 5.26 Å². The molecule has 5 aromatic carbocycles. The van der Waals surface area contributed by atoms with Gasteiger partial charge in [-0.15, -0.1) is 0 Å². The molecule has 6 rings (SSSR count). The van der Waals surface area contributed by atoms with Crippen LogP contribution in [0.5, 0.6) is 0 Å². The van der Waals surface area contributed by atoms with Crippen LogP contribution in [-0.2, 0) is 4.74 Å². The molecule has 1 heterocycles. The number of ether oxygens (including phenoxy) is 1. The number of nitriles is 1. The van der Waals surface area contributed by atoms with Crippen molar-refractivity contribution in [2.24, 2.45) is 0 Å².